The number of anilines is 1. The lowest BCUT2D eigenvalue weighted by Gasteiger charge is -2.17. The van der Waals surface area contributed by atoms with E-state index in [2.05, 4.69) is 18.3 Å². The third-order valence-electron chi connectivity index (χ3n) is 4.60. The van der Waals surface area contributed by atoms with E-state index in [9.17, 15) is 10.1 Å². The molecule has 4 nitrogen and oxygen atoms in total. The topological polar surface area (TPSA) is 62.1 Å². The van der Waals surface area contributed by atoms with Crippen LogP contribution in [0.3, 0.4) is 0 Å². The Bertz CT molecular complexity index is 875. The van der Waals surface area contributed by atoms with Gasteiger partial charge in [0.05, 0.1) is 10.6 Å². The van der Waals surface area contributed by atoms with E-state index in [1.807, 2.05) is 26.0 Å². The van der Waals surface area contributed by atoms with Crippen molar-refractivity contribution in [1.29, 1.82) is 5.26 Å². The minimum absolute atomic E-state index is 0.145. The van der Waals surface area contributed by atoms with Crippen molar-refractivity contribution in [3.8, 4) is 11.8 Å². The Hall–Kier alpha value is -2.03. The van der Waals surface area contributed by atoms with Crippen LogP contribution in [0.2, 0.25) is 5.02 Å². The number of amides is 1. The average molecular weight is 389 g/mol. The fourth-order valence-corrected chi connectivity index (χ4v) is 5.10. The fraction of sp³-hybridized carbons (Fsp3) is 0.400. The van der Waals surface area contributed by atoms with Crippen molar-refractivity contribution < 1.29 is 9.53 Å². The number of hydrogen-bond donors (Lipinski definition) is 1. The van der Waals surface area contributed by atoms with E-state index in [4.69, 9.17) is 16.3 Å². The van der Waals surface area contributed by atoms with Crippen molar-refractivity contribution in [3.05, 3.63) is 44.3 Å². The Morgan fingerprint density at radius 1 is 1.46 bits per heavy atom. The quantitative estimate of drug-likeness (QED) is 0.798. The molecule has 136 valence electrons. The van der Waals surface area contributed by atoms with Gasteiger partial charge in [-0.2, -0.15) is 5.26 Å². The third kappa shape index (κ3) is 3.87. The van der Waals surface area contributed by atoms with E-state index < -0.39 is 0 Å². The smallest absolute Gasteiger partial charge is 0.262 e. The third-order valence-corrected chi connectivity index (χ3v) is 6.05. The minimum Gasteiger partial charge on any atom is -0.482 e. The Morgan fingerprint density at radius 3 is 2.92 bits per heavy atom. The van der Waals surface area contributed by atoms with Crippen LogP contribution in [0, 0.1) is 31.1 Å². The summed E-state index contributed by atoms with van der Waals surface area (Å²) in [6, 6.07) is 6.03. The van der Waals surface area contributed by atoms with Crippen LogP contribution in [0.1, 0.15) is 40.5 Å². The van der Waals surface area contributed by atoms with Crippen LogP contribution in [-0.4, -0.2) is 12.5 Å². The summed E-state index contributed by atoms with van der Waals surface area (Å²) in [5, 5.41) is 13.5. The summed E-state index contributed by atoms with van der Waals surface area (Å²) in [6.45, 7) is 5.93. The van der Waals surface area contributed by atoms with Gasteiger partial charge in [0.15, 0.2) is 6.61 Å². The highest BCUT2D eigenvalue weighted by Gasteiger charge is 2.24. The zero-order valence-electron chi connectivity index (χ0n) is 15.1. The molecule has 0 unspecified atom stereocenters. The van der Waals surface area contributed by atoms with Gasteiger partial charge in [-0.05, 0) is 61.8 Å². The Morgan fingerprint density at radius 2 is 2.23 bits per heavy atom. The van der Waals surface area contributed by atoms with Gasteiger partial charge in [0.2, 0.25) is 0 Å². The predicted molar refractivity (Wildman–Crippen MR) is 105 cm³/mol. The zero-order chi connectivity index (χ0) is 18.8. The summed E-state index contributed by atoms with van der Waals surface area (Å²) < 4.78 is 5.63. The molecule has 26 heavy (non-hydrogen) atoms. The van der Waals surface area contributed by atoms with Gasteiger partial charge in [0, 0.05) is 4.88 Å². The number of nitrogens with zero attached hydrogens (tertiary/aromatic N) is 1. The number of hydrogen-bond acceptors (Lipinski definition) is 4. The van der Waals surface area contributed by atoms with E-state index in [0.29, 0.717) is 27.3 Å². The van der Waals surface area contributed by atoms with E-state index >= 15 is 0 Å². The number of ether oxygens (including phenoxy) is 1. The Kier molecular flexibility index (Phi) is 5.55. The second kappa shape index (κ2) is 7.69. The molecule has 1 aliphatic carbocycles. The summed E-state index contributed by atoms with van der Waals surface area (Å²) in [7, 11) is 0. The normalized spacial score (nSPS) is 15.9. The van der Waals surface area contributed by atoms with Crippen LogP contribution in [0.15, 0.2) is 12.1 Å². The van der Waals surface area contributed by atoms with Crippen LogP contribution >= 0.6 is 22.9 Å². The van der Waals surface area contributed by atoms with Crippen molar-refractivity contribution in [2.24, 2.45) is 5.92 Å². The van der Waals surface area contributed by atoms with Crippen molar-refractivity contribution in [2.75, 3.05) is 11.9 Å². The molecule has 0 spiro atoms. The molecular weight excluding hydrogens is 368 g/mol. The summed E-state index contributed by atoms with van der Waals surface area (Å²) in [5.41, 5.74) is 3.64. The summed E-state index contributed by atoms with van der Waals surface area (Å²) >= 11 is 7.72. The second-order valence-corrected chi connectivity index (χ2v) is 8.41. The molecule has 0 saturated heterocycles. The standard InChI is InChI=1S/C20H21ClN2O2S/c1-11-4-5-14-15(9-22)20(26-17(14)8-11)23-18(24)10-25-19-13(3)6-12(2)7-16(19)21/h6-7,11H,4-5,8,10H2,1-3H3,(H,23,24)/t11-/m0/s1. The molecule has 1 aliphatic rings. The highest BCUT2D eigenvalue weighted by atomic mass is 35.5. The molecule has 0 bridgehead atoms. The van der Waals surface area contributed by atoms with Gasteiger partial charge in [-0.15, -0.1) is 11.3 Å². The maximum Gasteiger partial charge on any atom is 0.262 e. The Balaban J connectivity index is 1.71. The van der Waals surface area contributed by atoms with E-state index in [0.717, 1.165) is 36.0 Å². The Labute approximate surface area is 162 Å². The van der Waals surface area contributed by atoms with Crippen LogP contribution in [0.5, 0.6) is 5.75 Å². The maximum atomic E-state index is 12.3. The number of benzene rings is 1. The lowest BCUT2D eigenvalue weighted by Crippen LogP contribution is -2.20. The first-order chi connectivity index (χ1) is 12.4. The summed E-state index contributed by atoms with van der Waals surface area (Å²) in [5.74, 6) is 0.850. The predicted octanol–water partition coefficient (Wildman–Crippen LogP) is 5.03. The molecule has 1 heterocycles. The van der Waals surface area contributed by atoms with Gasteiger partial charge < -0.3 is 10.1 Å². The molecule has 6 heteroatoms. The maximum absolute atomic E-state index is 12.3. The molecule has 0 saturated carbocycles. The van der Waals surface area contributed by atoms with Crippen LogP contribution in [-0.2, 0) is 17.6 Å². The van der Waals surface area contributed by atoms with Crippen molar-refractivity contribution in [2.45, 2.75) is 40.0 Å². The lowest BCUT2D eigenvalue weighted by molar-refractivity contribution is -0.118. The van der Waals surface area contributed by atoms with Crippen molar-refractivity contribution in [3.63, 3.8) is 0 Å². The van der Waals surface area contributed by atoms with Gasteiger partial charge >= 0.3 is 0 Å². The van der Waals surface area contributed by atoms with Crippen LogP contribution in [0.4, 0.5) is 5.00 Å². The molecular formula is C20H21ClN2O2S. The number of nitriles is 1. The molecule has 0 aliphatic heterocycles. The second-order valence-electron chi connectivity index (χ2n) is 6.90. The molecule has 0 radical (unpaired) electrons. The number of aryl methyl sites for hydroxylation is 2. The summed E-state index contributed by atoms with van der Waals surface area (Å²) in [4.78, 5) is 13.6. The van der Waals surface area contributed by atoms with Crippen molar-refractivity contribution in [1.82, 2.24) is 0 Å². The molecule has 2 aromatic rings. The highest BCUT2D eigenvalue weighted by Crippen LogP contribution is 2.39. The van der Waals surface area contributed by atoms with E-state index in [-0.39, 0.29) is 12.5 Å². The first-order valence-corrected chi connectivity index (χ1v) is 9.82. The number of thiophene rings is 1. The minimum atomic E-state index is -0.288. The molecule has 1 aromatic heterocycles. The largest absolute Gasteiger partial charge is 0.482 e. The lowest BCUT2D eigenvalue weighted by atomic mass is 9.89. The van der Waals surface area contributed by atoms with Gasteiger partial charge in [-0.3, -0.25) is 4.79 Å². The average Bonchev–Trinajstić information content (AvgIpc) is 2.89. The van der Waals surface area contributed by atoms with Gasteiger partial charge in [0.25, 0.3) is 5.91 Å². The number of halogens is 1. The highest BCUT2D eigenvalue weighted by molar-refractivity contribution is 7.16. The van der Waals surface area contributed by atoms with Crippen LogP contribution in [0.25, 0.3) is 0 Å². The summed E-state index contributed by atoms with van der Waals surface area (Å²) in [6.07, 6.45) is 2.96. The first kappa shape index (κ1) is 18.8. The molecule has 1 aromatic carbocycles. The van der Waals surface area contributed by atoms with Crippen LogP contribution < -0.4 is 10.1 Å². The number of carbonyl (C=O) groups excluding carboxylic acids is 1. The fourth-order valence-electron chi connectivity index (χ4n) is 3.34. The zero-order valence-corrected chi connectivity index (χ0v) is 16.7. The van der Waals surface area contributed by atoms with E-state index in [1.54, 1.807) is 0 Å². The molecule has 0 fully saturated rings. The number of carbonyl (C=O) groups is 1. The van der Waals surface area contributed by atoms with Gasteiger partial charge in [0.1, 0.15) is 16.8 Å². The first-order valence-electron chi connectivity index (χ1n) is 8.63. The number of fused-ring (bicyclic) bond motifs is 1. The molecule has 3 rings (SSSR count). The van der Waals surface area contributed by atoms with Gasteiger partial charge in [-0.1, -0.05) is 24.6 Å². The monoisotopic (exact) mass is 388 g/mol. The molecule has 1 N–H and O–H groups in total. The molecule has 1 atom stereocenters. The van der Waals surface area contributed by atoms with Gasteiger partial charge in [-0.25, -0.2) is 0 Å². The van der Waals surface area contributed by atoms with E-state index in [1.165, 1.54) is 16.2 Å². The van der Waals surface area contributed by atoms with Crippen molar-refractivity contribution >= 4 is 33.8 Å². The SMILES string of the molecule is Cc1cc(C)c(OCC(=O)Nc2sc3c(c2C#N)CC[C@H](C)C3)c(Cl)c1. The number of nitrogens with one attached hydrogen (secondary N) is 1. The molecule has 1 amide bonds. The number of rotatable bonds is 4.